The molecule has 106 valence electrons. The third kappa shape index (κ3) is 3.61. The highest BCUT2D eigenvalue weighted by Gasteiger charge is 2.11. The molecule has 0 spiro atoms. The standard InChI is InChI=1S/C16H19NO2S/c1-13-7-3-4-8-14(13)11-12-17-15-9-5-6-10-16(15)20(2,18)19/h3-10,17H,11-12H2,1-2H3. The monoisotopic (exact) mass is 289 g/mol. The quantitative estimate of drug-likeness (QED) is 0.920. The van der Waals surface area contributed by atoms with Crippen LogP contribution in [0.4, 0.5) is 5.69 Å². The van der Waals surface area contributed by atoms with Crippen molar-refractivity contribution in [2.24, 2.45) is 0 Å². The Balaban J connectivity index is 2.07. The first kappa shape index (κ1) is 14.6. The molecule has 0 saturated heterocycles. The van der Waals surface area contributed by atoms with E-state index in [9.17, 15) is 8.42 Å². The van der Waals surface area contributed by atoms with Crippen LogP contribution < -0.4 is 5.32 Å². The van der Waals surface area contributed by atoms with Gasteiger partial charge in [0.2, 0.25) is 0 Å². The summed E-state index contributed by atoms with van der Waals surface area (Å²) in [6.45, 7) is 2.79. The van der Waals surface area contributed by atoms with Crippen LogP contribution in [0.1, 0.15) is 11.1 Å². The van der Waals surface area contributed by atoms with Crippen LogP contribution in [-0.4, -0.2) is 21.2 Å². The Morgan fingerprint density at radius 2 is 1.65 bits per heavy atom. The molecule has 0 aliphatic carbocycles. The third-order valence-corrected chi connectivity index (χ3v) is 4.41. The van der Waals surface area contributed by atoms with E-state index in [2.05, 4.69) is 24.4 Å². The van der Waals surface area contributed by atoms with Gasteiger partial charge in [-0.25, -0.2) is 8.42 Å². The van der Waals surface area contributed by atoms with E-state index in [0.717, 1.165) is 6.42 Å². The molecule has 2 aromatic carbocycles. The number of anilines is 1. The van der Waals surface area contributed by atoms with Gasteiger partial charge in [-0.05, 0) is 36.6 Å². The molecule has 0 aliphatic rings. The second-order valence-corrected chi connectivity index (χ2v) is 6.86. The predicted octanol–water partition coefficient (Wildman–Crippen LogP) is 3.05. The van der Waals surface area contributed by atoms with Gasteiger partial charge in [0.05, 0.1) is 10.6 Å². The van der Waals surface area contributed by atoms with Gasteiger partial charge in [-0.3, -0.25) is 0 Å². The Kier molecular flexibility index (Phi) is 4.45. The largest absolute Gasteiger partial charge is 0.384 e. The van der Waals surface area contributed by atoms with Crippen LogP contribution >= 0.6 is 0 Å². The maximum atomic E-state index is 11.7. The molecule has 0 fully saturated rings. The zero-order valence-electron chi connectivity index (χ0n) is 11.8. The zero-order chi connectivity index (χ0) is 14.6. The van der Waals surface area contributed by atoms with E-state index >= 15 is 0 Å². The molecule has 2 aromatic rings. The van der Waals surface area contributed by atoms with Crippen molar-refractivity contribution in [2.75, 3.05) is 18.1 Å². The fourth-order valence-corrected chi connectivity index (χ4v) is 3.02. The summed E-state index contributed by atoms with van der Waals surface area (Å²) in [5, 5.41) is 3.22. The Bertz CT molecular complexity index is 693. The van der Waals surface area contributed by atoms with Crippen molar-refractivity contribution in [2.45, 2.75) is 18.2 Å². The number of benzene rings is 2. The summed E-state index contributed by atoms with van der Waals surface area (Å²) in [4.78, 5) is 0.352. The van der Waals surface area contributed by atoms with Crippen LogP contribution in [0.25, 0.3) is 0 Å². The van der Waals surface area contributed by atoms with E-state index < -0.39 is 9.84 Å². The van der Waals surface area contributed by atoms with Gasteiger partial charge in [0.15, 0.2) is 9.84 Å². The molecule has 0 heterocycles. The van der Waals surface area contributed by atoms with Gasteiger partial charge in [0.1, 0.15) is 0 Å². The molecule has 0 bridgehead atoms. The summed E-state index contributed by atoms with van der Waals surface area (Å²) in [7, 11) is -3.20. The minimum atomic E-state index is -3.20. The van der Waals surface area contributed by atoms with Crippen molar-refractivity contribution >= 4 is 15.5 Å². The molecule has 0 aromatic heterocycles. The molecule has 0 amide bonds. The summed E-state index contributed by atoms with van der Waals surface area (Å²) in [6, 6.07) is 15.2. The molecule has 2 rings (SSSR count). The van der Waals surface area contributed by atoms with E-state index in [-0.39, 0.29) is 0 Å². The molecule has 0 saturated carbocycles. The Morgan fingerprint density at radius 3 is 2.35 bits per heavy atom. The lowest BCUT2D eigenvalue weighted by Crippen LogP contribution is -2.09. The number of para-hydroxylation sites is 1. The molecule has 4 heteroatoms. The number of nitrogens with one attached hydrogen (secondary N) is 1. The lowest BCUT2D eigenvalue weighted by atomic mass is 10.1. The predicted molar refractivity (Wildman–Crippen MR) is 82.9 cm³/mol. The van der Waals surface area contributed by atoms with Gasteiger partial charge in [-0.15, -0.1) is 0 Å². The lowest BCUT2D eigenvalue weighted by Gasteiger charge is -2.11. The van der Waals surface area contributed by atoms with Gasteiger partial charge in [0, 0.05) is 12.8 Å². The van der Waals surface area contributed by atoms with Gasteiger partial charge in [0.25, 0.3) is 0 Å². The van der Waals surface area contributed by atoms with Gasteiger partial charge < -0.3 is 5.32 Å². The van der Waals surface area contributed by atoms with E-state index in [1.54, 1.807) is 18.2 Å². The van der Waals surface area contributed by atoms with E-state index in [1.807, 2.05) is 18.2 Å². The molecule has 0 unspecified atom stereocenters. The highest BCUT2D eigenvalue weighted by atomic mass is 32.2. The van der Waals surface area contributed by atoms with Crippen molar-refractivity contribution in [3.63, 3.8) is 0 Å². The fraction of sp³-hybridized carbons (Fsp3) is 0.250. The topological polar surface area (TPSA) is 46.2 Å². The summed E-state index contributed by atoms with van der Waals surface area (Å²) < 4.78 is 23.4. The first-order valence-corrected chi connectivity index (χ1v) is 8.45. The van der Waals surface area contributed by atoms with Crippen LogP contribution in [0.2, 0.25) is 0 Å². The molecular formula is C16H19NO2S. The first-order chi connectivity index (χ1) is 9.48. The van der Waals surface area contributed by atoms with Gasteiger partial charge >= 0.3 is 0 Å². The summed E-state index contributed by atoms with van der Waals surface area (Å²) in [5.41, 5.74) is 3.20. The van der Waals surface area contributed by atoms with Crippen molar-refractivity contribution in [3.8, 4) is 0 Å². The Morgan fingerprint density at radius 1 is 1.00 bits per heavy atom. The molecule has 0 aliphatic heterocycles. The average Bonchev–Trinajstić information content (AvgIpc) is 2.40. The van der Waals surface area contributed by atoms with Gasteiger partial charge in [-0.2, -0.15) is 0 Å². The normalized spacial score (nSPS) is 11.3. The summed E-state index contributed by atoms with van der Waals surface area (Å²) >= 11 is 0. The maximum absolute atomic E-state index is 11.7. The number of hydrogen-bond acceptors (Lipinski definition) is 3. The van der Waals surface area contributed by atoms with E-state index in [1.165, 1.54) is 17.4 Å². The van der Waals surface area contributed by atoms with E-state index in [0.29, 0.717) is 17.1 Å². The number of sulfone groups is 1. The first-order valence-electron chi connectivity index (χ1n) is 6.56. The van der Waals surface area contributed by atoms with Crippen LogP contribution in [-0.2, 0) is 16.3 Å². The summed E-state index contributed by atoms with van der Waals surface area (Å²) in [5.74, 6) is 0. The Hall–Kier alpha value is -1.81. The second kappa shape index (κ2) is 6.09. The summed E-state index contributed by atoms with van der Waals surface area (Å²) in [6.07, 6.45) is 2.10. The minimum Gasteiger partial charge on any atom is -0.384 e. The van der Waals surface area contributed by atoms with Crippen LogP contribution in [0.3, 0.4) is 0 Å². The molecule has 1 N–H and O–H groups in total. The molecule has 3 nitrogen and oxygen atoms in total. The van der Waals surface area contributed by atoms with Crippen molar-refractivity contribution < 1.29 is 8.42 Å². The molecule has 20 heavy (non-hydrogen) atoms. The Labute approximate surface area is 120 Å². The highest BCUT2D eigenvalue weighted by Crippen LogP contribution is 2.20. The number of rotatable bonds is 5. The average molecular weight is 289 g/mol. The molecule has 0 atom stereocenters. The number of hydrogen-bond donors (Lipinski definition) is 1. The lowest BCUT2D eigenvalue weighted by molar-refractivity contribution is 0.602. The molecule has 0 radical (unpaired) electrons. The second-order valence-electron chi connectivity index (χ2n) is 4.87. The van der Waals surface area contributed by atoms with Crippen molar-refractivity contribution in [1.29, 1.82) is 0 Å². The van der Waals surface area contributed by atoms with Crippen LogP contribution in [0, 0.1) is 6.92 Å². The zero-order valence-corrected chi connectivity index (χ0v) is 12.6. The van der Waals surface area contributed by atoms with Crippen LogP contribution in [0.15, 0.2) is 53.4 Å². The molecular weight excluding hydrogens is 270 g/mol. The van der Waals surface area contributed by atoms with E-state index in [4.69, 9.17) is 0 Å². The number of aryl methyl sites for hydroxylation is 1. The third-order valence-electron chi connectivity index (χ3n) is 3.26. The van der Waals surface area contributed by atoms with Crippen molar-refractivity contribution in [3.05, 3.63) is 59.7 Å². The fourth-order valence-electron chi connectivity index (χ4n) is 2.16. The smallest absolute Gasteiger partial charge is 0.177 e. The SMILES string of the molecule is Cc1ccccc1CCNc1ccccc1S(C)(=O)=O. The highest BCUT2D eigenvalue weighted by molar-refractivity contribution is 7.90. The van der Waals surface area contributed by atoms with Crippen molar-refractivity contribution in [1.82, 2.24) is 0 Å². The maximum Gasteiger partial charge on any atom is 0.177 e. The minimum absolute atomic E-state index is 0.352. The van der Waals surface area contributed by atoms with Crippen LogP contribution in [0.5, 0.6) is 0 Å². The van der Waals surface area contributed by atoms with Gasteiger partial charge in [-0.1, -0.05) is 36.4 Å².